The summed E-state index contributed by atoms with van der Waals surface area (Å²) in [5.41, 5.74) is 7.29. The first-order chi connectivity index (χ1) is 7.04. The van der Waals surface area contributed by atoms with E-state index in [2.05, 4.69) is 13.8 Å². The number of halogens is 1. The van der Waals surface area contributed by atoms with Gasteiger partial charge < -0.3 is 10.5 Å². The van der Waals surface area contributed by atoms with Crippen LogP contribution in [0.1, 0.15) is 30.9 Å². The van der Waals surface area contributed by atoms with Crippen LogP contribution in [0, 0.1) is 6.92 Å². The predicted molar refractivity (Wildman–Crippen MR) is 67.2 cm³/mol. The molecule has 3 nitrogen and oxygen atoms in total. The second-order valence-corrected chi connectivity index (χ2v) is 3.86. The SMILES string of the molecule is Cc1ccc(C(C)C)cc1OC(=O)CN.Cl. The Bertz CT molecular complexity index is 364. The van der Waals surface area contributed by atoms with Gasteiger partial charge in [-0.3, -0.25) is 4.79 Å². The Morgan fingerprint density at radius 1 is 1.44 bits per heavy atom. The van der Waals surface area contributed by atoms with E-state index in [4.69, 9.17) is 10.5 Å². The van der Waals surface area contributed by atoms with Crippen molar-refractivity contribution in [3.8, 4) is 5.75 Å². The van der Waals surface area contributed by atoms with Gasteiger partial charge in [-0.15, -0.1) is 12.4 Å². The molecular formula is C12H18ClNO2. The Morgan fingerprint density at radius 3 is 2.56 bits per heavy atom. The number of carbonyl (C=O) groups is 1. The van der Waals surface area contributed by atoms with E-state index in [1.807, 2.05) is 25.1 Å². The number of ether oxygens (including phenoxy) is 1. The van der Waals surface area contributed by atoms with Crippen LogP contribution in [0.3, 0.4) is 0 Å². The monoisotopic (exact) mass is 243 g/mol. The van der Waals surface area contributed by atoms with Crippen LogP contribution in [0.5, 0.6) is 5.75 Å². The summed E-state index contributed by atoms with van der Waals surface area (Å²) in [7, 11) is 0. The first kappa shape index (κ1) is 14.9. The molecule has 90 valence electrons. The largest absolute Gasteiger partial charge is 0.425 e. The maximum absolute atomic E-state index is 11.1. The molecule has 0 unspecified atom stereocenters. The van der Waals surface area contributed by atoms with Crippen molar-refractivity contribution in [2.24, 2.45) is 5.73 Å². The lowest BCUT2D eigenvalue weighted by Crippen LogP contribution is -2.19. The Morgan fingerprint density at radius 2 is 2.06 bits per heavy atom. The van der Waals surface area contributed by atoms with Crippen molar-refractivity contribution in [2.45, 2.75) is 26.7 Å². The average molecular weight is 244 g/mol. The number of nitrogens with two attached hydrogens (primary N) is 1. The molecular weight excluding hydrogens is 226 g/mol. The van der Waals surface area contributed by atoms with Crippen molar-refractivity contribution >= 4 is 18.4 Å². The van der Waals surface area contributed by atoms with Gasteiger partial charge in [-0.2, -0.15) is 0 Å². The van der Waals surface area contributed by atoms with E-state index in [1.165, 1.54) is 0 Å². The van der Waals surface area contributed by atoms with Crippen LogP contribution >= 0.6 is 12.4 Å². The molecule has 0 aliphatic rings. The summed E-state index contributed by atoms with van der Waals surface area (Å²) in [6.45, 7) is 6.01. The predicted octanol–water partition coefficient (Wildman–Crippen LogP) is 2.40. The standard InChI is InChI=1S/C12H17NO2.ClH/c1-8(2)10-5-4-9(3)11(6-10)15-12(14)7-13;/h4-6,8H,7,13H2,1-3H3;1H. The second-order valence-electron chi connectivity index (χ2n) is 3.86. The van der Waals surface area contributed by atoms with Gasteiger partial charge in [0.2, 0.25) is 0 Å². The minimum atomic E-state index is -0.404. The smallest absolute Gasteiger partial charge is 0.325 e. The van der Waals surface area contributed by atoms with E-state index in [1.54, 1.807) is 0 Å². The fourth-order valence-corrected chi connectivity index (χ4v) is 1.25. The van der Waals surface area contributed by atoms with Gasteiger partial charge >= 0.3 is 5.97 Å². The highest BCUT2D eigenvalue weighted by Gasteiger charge is 2.07. The fraction of sp³-hybridized carbons (Fsp3) is 0.417. The van der Waals surface area contributed by atoms with Crippen LogP contribution in [-0.2, 0) is 4.79 Å². The third-order valence-electron chi connectivity index (χ3n) is 2.27. The number of aryl methyl sites for hydroxylation is 1. The molecule has 1 aromatic carbocycles. The van der Waals surface area contributed by atoms with Crippen molar-refractivity contribution in [1.29, 1.82) is 0 Å². The zero-order chi connectivity index (χ0) is 11.4. The lowest BCUT2D eigenvalue weighted by molar-refractivity contribution is -0.132. The highest BCUT2D eigenvalue weighted by molar-refractivity contribution is 5.85. The number of hydrogen-bond donors (Lipinski definition) is 1. The van der Waals surface area contributed by atoms with E-state index >= 15 is 0 Å². The summed E-state index contributed by atoms with van der Waals surface area (Å²) in [6, 6.07) is 5.89. The van der Waals surface area contributed by atoms with Gasteiger partial charge in [-0.25, -0.2) is 0 Å². The molecule has 0 amide bonds. The van der Waals surface area contributed by atoms with E-state index in [0.29, 0.717) is 11.7 Å². The van der Waals surface area contributed by atoms with Gasteiger partial charge in [-0.1, -0.05) is 26.0 Å². The Balaban J connectivity index is 0.00000225. The molecule has 4 heteroatoms. The van der Waals surface area contributed by atoms with Crippen molar-refractivity contribution in [1.82, 2.24) is 0 Å². The molecule has 1 aromatic rings. The van der Waals surface area contributed by atoms with Crippen molar-refractivity contribution in [3.63, 3.8) is 0 Å². The molecule has 0 fully saturated rings. The van der Waals surface area contributed by atoms with Crippen LogP contribution in [-0.4, -0.2) is 12.5 Å². The molecule has 0 spiro atoms. The number of benzene rings is 1. The summed E-state index contributed by atoms with van der Waals surface area (Å²) in [6.07, 6.45) is 0. The van der Waals surface area contributed by atoms with Crippen LogP contribution in [0.15, 0.2) is 18.2 Å². The van der Waals surface area contributed by atoms with E-state index in [-0.39, 0.29) is 19.0 Å². The first-order valence-corrected chi connectivity index (χ1v) is 5.06. The maximum atomic E-state index is 11.1. The summed E-state index contributed by atoms with van der Waals surface area (Å²) < 4.78 is 5.12. The number of rotatable bonds is 3. The second kappa shape index (κ2) is 6.51. The van der Waals surface area contributed by atoms with Crippen molar-refractivity contribution in [2.75, 3.05) is 6.54 Å². The third-order valence-corrected chi connectivity index (χ3v) is 2.27. The minimum absolute atomic E-state index is 0. The molecule has 0 saturated heterocycles. The van der Waals surface area contributed by atoms with Crippen LogP contribution in [0.25, 0.3) is 0 Å². The molecule has 0 radical (unpaired) electrons. The van der Waals surface area contributed by atoms with Gasteiger partial charge in [0.15, 0.2) is 0 Å². The molecule has 0 aliphatic heterocycles. The van der Waals surface area contributed by atoms with Crippen LogP contribution in [0.2, 0.25) is 0 Å². The molecule has 16 heavy (non-hydrogen) atoms. The number of carbonyl (C=O) groups excluding carboxylic acids is 1. The molecule has 0 atom stereocenters. The van der Waals surface area contributed by atoms with Gasteiger partial charge in [0.1, 0.15) is 5.75 Å². The molecule has 0 saturated carbocycles. The summed E-state index contributed by atoms with van der Waals surface area (Å²) in [5, 5.41) is 0. The topological polar surface area (TPSA) is 52.3 Å². The zero-order valence-corrected chi connectivity index (χ0v) is 10.6. The fourth-order valence-electron chi connectivity index (χ4n) is 1.25. The molecule has 2 N–H and O–H groups in total. The molecule has 0 heterocycles. The van der Waals surface area contributed by atoms with Gasteiger partial charge in [0.05, 0.1) is 6.54 Å². The van der Waals surface area contributed by atoms with Crippen LogP contribution < -0.4 is 10.5 Å². The highest BCUT2D eigenvalue weighted by Crippen LogP contribution is 2.24. The van der Waals surface area contributed by atoms with Crippen LogP contribution in [0.4, 0.5) is 0 Å². The highest BCUT2D eigenvalue weighted by atomic mass is 35.5. The van der Waals surface area contributed by atoms with Crippen molar-refractivity contribution < 1.29 is 9.53 Å². The Hall–Kier alpha value is -1.06. The Labute approximate surface area is 102 Å². The van der Waals surface area contributed by atoms with Gasteiger partial charge in [0.25, 0.3) is 0 Å². The average Bonchev–Trinajstić information content (AvgIpc) is 2.20. The molecule has 0 aromatic heterocycles. The van der Waals surface area contributed by atoms with E-state index in [9.17, 15) is 4.79 Å². The number of esters is 1. The van der Waals surface area contributed by atoms with Gasteiger partial charge in [0, 0.05) is 0 Å². The maximum Gasteiger partial charge on any atom is 0.325 e. The zero-order valence-electron chi connectivity index (χ0n) is 9.82. The Kier molecular flexibility index (Phi) is 6.08. The number of hydrogen-bond acceptors (Lipinski definition) is 3. The molecule has 0 bridgehead atoms. The minimum Gasteiger partial charge on any atom is -0.425 e. The quantitative estimate of drug-likeness (QED) is 0.655. The third kappa shape index (κ3) is 3.83. The summed E-state index contributed by atoms with van der Waals surface area (Å²) in [5.74, 6) is 0.622. The summed E-state index contributed by atoms with van der Waals surface area (Å²) in [4.78, 5) is 11.1. The lowest BCUT2D eigenvalue weighted by Gasteiger charge is -2.10. The summed E-state index contributed by atoms with van der Waals surface area (Å²) >= 11 is 0. The van der Waals surface area contributed by atoms with E-state index in [0.717, 1.165) is 11.1 Å². The van der Waals surface area contributed by atoms with Crippen molar-refractivity contribution in [3.05, 3.63) is 29.3 Å². The lowest BCUT2D eigenvalue weighted by atomic mass is 10.0. The first-order valence-electron chi connectivity index (χ1n) is 5.06. The van der Waals surface area contributed by atoms with E-state index < -0.39 is 5.97 Å². The molecule has 0 aliphatic carbocycles. The van der Waals surface area contributed by atoms with Gasteiger partial charge in [-0.05, 0) is 30.0 Å². The normalized spacial score (nSPS) is 9.81. The molecule has 1 rings (SSSR count).